The second kappa shape index (κ2) is 4.67. The Bertz CT molecular complexity index is 484. The van der Waals surface area contributed by atoms with Gasteiger partial charge < -0.3 is 10.5 Å². The van der Waals surface area contributed by atoms with Gasteiger partial charge in [-0.25, -0.2) is 9.97 Å². The molecule has 0 unspecified atom stereocenters. The van der Waals surface area contributed by atoms with Crippen molar-refractivity contribution < 1.29 is 4.74 Å². The lowest BCUT2D eigenvalue weighted by Crippen LogP contribution is -2.11. The first-order valence-electron chi connectivity index (χ1n) is 4.60. The Morgan fingerprint density at radius 3 is 2.44 bits per heavy atom. The van der Waals surface area contributed by atoms with Gasteiger partial charge in [-0.1, -0.05) is 30.4 Å². The van der Waals surface area contributed by atoms with E-state index in [-0.39, 0.29) is 4.99 Å². The summed E-state index contributed by atoms with van der Waals surface area (Å²) >= 11 is 4.77. The first kappa shape index (κ1) is 10.5. The van der Waals surface area contributed by atoms with Crippen LogP contribution in [0.15, 0.2) is 42.7 Å². The van der Waals surface area contributed by atoms with Crippen LogP contribution in [0.1, 0.15) is 5.69 Å². The molecular formula is C11H9N3OS. The number of aromatic nitrogens is 2. The highest BCUT2D eigenvalue weighted by molar-refractivity contribution is 7.80. The summed E-state index contributed by atoms with van der Waals surface area (Å²) in [6.45, 7) is 0. The van der Waals surface area contributed by atoms with Crippen LogP contribution in [0, 0.1) is 0 Å². The number of hydrogen-bond donors (Lipinski definition) is 1. The fraction of sp³-hybridized carbons (Fsp3) is 0. The van der Waals surface area contributed by atoms with E-state index in [4.69, 9.17) is 22.7 Å². The van der Waals surface area contributed by atoms with Gasteiger partial charge in [0.25, 0.3) is 0 Å². The summed E-state index contributed by atoms with van der Waals surface area (Å²) in [6.07, 6.45) is 2.97. The minimum Gasteiger partial charge on any atom is -0.438 e. The second-order valence-corrected chi connectivity index (χ2v) is 3.46. The SMILES string of the molecule is NC(=S)c1cnc(Oc2ccccc2)cn1. The molecule has 1 aromatic carbocycles. The van der Waals surface area contributed by atoms with E-state index in [9.17, 15) is 0 Å². The number of nitrogens with two attached hydrogens (primary N) is 1. The van der Waals surface area contributed by atoms with Gasteiger partial charge in [0.1, 0.15) is 16.4 Å². The molecule has 2 N–H and O–H groups in total. The van der Waals surface area contributed by atoms with E-state index in [1.165, 1.54) is 12.4 Å². The molecule has 2 rings (SSSR count). The fourth-order valence-electron chi connectivity index (χ4n) is 1.11. The molecule has 1 aromatic heterocycles. The summed E-state index contributed by atoms with van der Waals surface area (Å²) in [4.78, 5) is 8.28. The zero-order chi connectivity index (χ0) is 11.4. The Kier molecular flexibility index (Phi) is 3.07. The third kappa shape index (κ3) is 2.52. The summed E-state index contributed by atoms with van der Waals surface area (Å²) in [5.74, 6) is 1.12. The topological polar surface area (TPSA) is 61.0 Å². The van der Waals surface area contributed by atoms with Crippen LogP contribution >= 0.6 is 12.2 Å². The average Bonchev–Trinajstić information content (AvgIpc) is 2.31. The van der Waals surface area contributed by atoms with Gasteiger partial charge in [-0.15, -0.1) is 0 Å². The van der Waals surface area contributed by atoms with Crippen LogP contribution in [0.5, 0.6) is 11.6 Å². The van der Waals surface area contributed by atoms with Crippen LogP contribution in [0.4, 0.5) is 0 Å². The van der Waals surface area contributed by atoms with Gasteiger partial charge in [0, 0.05) is 0 Å². The molecule has 5 heteroatoms. The predicted molar refractivity (Wildman–Crippen MR) is 64.4 cm³/mol. The van der Waals surface area contributed by atoms with E-state index in [1.54, 1.807) is 0 Å². The number of benzene rings is 1. The van der Waals surface area contributed by atoms with Gasteiger partial charge in [-0.05, 0) is 12.1 Å². The summed E-state index contributed by atoms with van der Waals surface area (Å²) < 4.78 is 5.46. The minimum absolute atomic E-state index is 0.221. The average molecular weight is 231 g/mol. The van der Waals surface area contributed by atoms with Gasteiger partial charge in [-0.2, -0.15) is 0 Å². The van der Waals surface area contributed by atoms with Crippen molar-refractivity contribution in [1.82, 2.24) is 9.97 Å². The Morgan fingerprint density at radius 1 is 1.12 bits per heavy atom. The number of rotatable bonds is 3. The number of para-hydroxylation sites is 1. The van der Waals surface area contributed by atoms with Crippen LogP contribution in [-0.4, -0.2) is 15.0 Å². The van der Waals surface area contributed by atoms with Crippen molar-refractivity contribution in [2.45, 2.75) is 0 Å². The zero-order valence-corrected chi connectivity index (χ0v) is 9.15. The van der Waals surface area contributed by atoms with Gasteiger partial charge >= 0.3 is 0 Å². The molecule has 4 nitrogen and oxygen atoms in total. The van der Waals surface area contributed by atoms with Crippen LogP contribution in [-0.2, 0) is 0 Å². The van der Waals surface area contributed by atoms with Crippen molar-refractivity contribution in [3.63, 3.8) is 0 Å². The molecule has 0 amide bonds. The Labute approximate surface area is 98.1 Å². The Morgan fingerprint density at radius 2 is 1.88 bits per heavy atom. The minimum atomic E-state index is 0.221. The largest absolute Gasteiger partial charge is 0.438 e. The third-order valence-corrected chi connectivity index (χ3v) is 2.06. The van der Waals surface area contributed by atoms with Crippen LogP contribution < -0.4 is 10.5 Å². The molecule has 0 spiro atoms. The van der Waals surface area contributed by atoms with E-state index in [1.807, 2.05) is 30.3 Å². The van der Waals surface area contributed by atoms with Gasteiger partial charge in [-0.3, -0.25) is 0 Å². The molecule has 0 aliphatic heterocycles. The molecule has 0 saturated carbocycles. The number of ether oxygens (including phenoxy) is 1. The van der Waals surface area contributed by atoms with Crippen molar-refractivity contribution in [2.24, 2.45) is 5.73 Å². The lowest BCUT2D eigenvalue weighted by Gasteiger charge is -2.03. The molecule has 0 fully saturated rings. The van der Waals surface area contributed by atoms with E-state index < -0.39 is 0 Å². The summed E-state index contributed by atoms with van der Waals surface area (Å²) in [5.41, 5.74) is 5.89. The van der Waals surface area contributed by atoms with E-state index in [0.29, 0.717) is 17.3 Å². The van der Waals surface area contributed by atoms with Crippen LogP contribution in [0.2, 0.25) is 0 Å². The summed E-state index contributed by atoms with van der Waals surface area (Å²) in [5, 5.41) is 0. The normalized spacial score (nSPS) is 9.75. The number of nitrogens with zero attached hydrogens (tertiary/aromatic N) is 2. The van der Waals surface area contributed by atoms with Crippen molar-refractivity contribution in [3.8, 4) is 11.6 Å². The first-order valence-corrected chi connectivity index (χ1v) is 5.01. The lowest BCUT2D eigenvalue weighted by molar-refractivity contribution is 0.460. The quantitative estimate of drug-likeness (QED) is 0.817. The Balaban J connectivity index is 2.14. The van der Waals surface area contributed by atoms with E-state index in [2.05, 4.69) is 9.97 Å². The standard InChI is InChI=1S/C11H9N3OS/c12-11(16)9-6-14-10(7-13-9)15-8-4-2-1-3-5-8/h1-7H,(H2,12,16). The molecule has 1 heterocycles. The van der Waals surface area contributed by atoms with E-state index >= 15 is 0 Å². The van der Waals surface area contributed by atoms with Crippen LogP contribution in [0.25, 0.3) is 0 Å². The molecule has 0 saturated heterocycles. The maximum absolute atomic E-state index is 5.46. The first-order chi connectivity index (χ1) is 7.75. The second-order valence-electron chi connectivity index (χ2n) is 3.02. The molecule has 2 aromatic rings. The predicted octanol–water partition coefficient (Wildman–Crippen LogP) is 1.90. The Hall–Kier alpha value is -2.01. The molecule has 0 atom stereocenters. The van der Waals surface area contributed by atoms with Gasteiger partial charge in [0.05, 0.1) is 12.4 Å². The maximum atomic E-state index is 5.46. The summed E-state index contributed by atoms with van der Waals surface area (Å²) in [6, 6.07) is 9.35. The third-order valence-electron chi connectivity index (χ3n) is 1.85. The highest BCUT2D eigenvalue weighted by atomic mass is 32.1. The number of hydrogen-bond acceptors (Lipinski definition) is 4. The maximum Gasteiger partial charge on any atom is 0.237 e. The molecular weight excluding hydrogens is 222 g/mol. The zero-order valence-electron chi connectivity index (χ0n) is 8.33. The molecule has 0 aliphatic rings. The monoisotopic (exact) mass is 231 g/mol. The van der Waals surface area contributed by atoms with Crippen LogP contribution in [0.3, 0.4) is 0 Å². The van der Waals surface area contributed by atoms with Gasteiger partial charge in [0.2, 0.25) is 5.88 Å². The van der Waals surface area contributed by atoms with Crippen molar-refractivity contribution in [3.05, 3.63) is 48.4 Å². The molecule has 16 heavy (non-hydrogen) atoms. The molecule has 0 bridgehead atoms. The fourth-order valence-corrected chi connectivity index (χ4v) is 1.21. The molecule has 80 valence electrons. The van der Waals surface area contributed by atoms with Crippen molar-refractivity contribution >= 4 is 17.2 Å². The van der Waals surface area contributed by atoms with Crippen molar-refractivity contribution in [1.29, 1.82) is 0 Å². The van der Waals surface area contributed by atoms with E-state index in [0.717, 1.165) is 0 Å². The molecule has 0 radical (unpaired) electrons. The molecule has 0 aliphatic carbocycles. The van der Waals surface area contributed by atoms with Crippen molar-refractivity contribution in [2.75, 3.05) is 0 Å². The highest BCUT2D eigenvalue weighted by Crippen LogP contribution is 2.17. The summed E-state index contributed by atoms with van der Waals surface area (Å²) in [7, 11) is 0. The smallest absolute Gasteiger partial charge is 0.237 e. The van der Waals surface area contributed by atoms with Gasteiger partial charge in [0.15, 0.2) is 0 Å². The number of thiocarbonyl (C=S) groups is 1. The lowest BCUT2D eigenvalue weighted by atomic mass is 10.3. The highest BCUT2D eigenvalue weighted by Gasteiger charge is 2.01.